The first-order valence-corrected chi connectivity index (χ1v) is 14.8. The number of likely N-dealkylation sites (tertiary alicyclic amines) is 1. The van der Waals surface area contributed by atoms with Crippen LogP contribution in [0.4, 0.5) is 0 Å². The van der Waals surface area contributed by atoms with Crippen molar-refractivity contribution in [3.8, 4) is 10.4 Å². The van der Waals surface area contributed by atoms with Crippen molar-refractivity contribution in [3.05, 3.63) is 41.0 Å². The van der Waals surface area contributed by atoms with Gasteiger partial charge < -0.3 is 30.1 Å². The number of aliphatic hydroxyl groups is 1. The molecule has 0 spiro atoms. The number of aromatic nitrogens is 1. The number of benzene rings is 1. The normalized spacial score (nSPS) is 18.3. The van der Waals surface area contributed by atoms with Gasteiger partial charge in [0.25, 0.3) is 0 Å². The molecule has 3 atom stereocenters. The second-order valence-electron chi connectivity index (χ2n) is 12.5. The van der Waals surface area contributed by atoms with Gasteiger partial charge in [0, 0.05) is 19.5 Å². The first-order chi connectivity index (χ1) is 19.2. The maximum absolute atomic E-state index is 13.7. The molecule has 0 aliphatic carbocycles. The maximum Gasteiger partial charge on any atom is 0.246 e. The molecule has 1 aliphatic heterocycles. The molecule has 1 aromatic heterocycles. The topological polar surface area (TPSA) is 130 Å². The number of carbonyl (C=O) groups excluding carboxylic acids is 3. The van der Waals surface area contributed by atoms with E-state index in [2.05, 4.69) is 15.6 Å². The molecule has 0 unspecified atom stereocenters. The monoisotopic (exact) mass is 588 g/mol. The molecule has 226 valence electrons. The summed E-state index contributed by atoms with van der Waals surface area (Å²) in [6.45, 7) is 14.0. The summed E-state index contributed by atoms with van der Waals surface area (Å²) < 4.78 is 11.0. The Morgan fingerprint density at radius 3 is 2.39 bits per heavy atom. The van der Waals surface area contributed by atoms with E-state index < -0.39 is 35.4 Å². The highest BCUT2D eigenvalue weighted by atomic mass is 32.1. The summed E-state index contributed by atoms with van der Waals surface area (Å²) in [6, 6.07) is 6.13. The van der Waals surface area contributed by atoms with E-state index in [-0.39, 0.29) is 44.2 Å². The predicted molar refractivity (Wildman–Crippen MR) is 158 cm³/mol. The third kappa shape index (κ3) is 9.59. The number of nitrogens with one attached hydrogen (secondary N) is 2. The van der Waals surface area contributed by atoms with Gasteiger partial charge in [0.15, 0.2) is 0 Å². The fraction of sp³-hybridized carbons (Fsp3) is 0.600. The number of ether oxygens (including phenoxy) is 2. The molecule has 2 heterocycles. The molecule has 3 rings (SSSR count). The molecular weight excluding hydrogens is 544 g/mol. The summed E-state index contributed by atoms with van der Waals surface area (Å²) in [4.78, 5) is 46.3. The molecule has 0 radical (unpaired) electrons. The summed E-state index contributed by atoms with van der Waals surface area (Å²) in [6.07, 6.45) is -0.706. The van der Waals surface area contributed by atoms with Crippen molar-refractivity contribution in [2.24, 2.45) is 5.41 Å². The Balaban J connectivity index is 1.59. The predicted octanol–water partition coefficient (Wildman–Crippen LogP) is 3.06. The summed E-state index contributed by atoms with van der Waals surface area (Å²) in [5.41, 5.74) is 3.82. The molecule has 10 nitrogen and oxygen atoms in total. The Labute approximate surface area is 246 Å². The van der Waals surface area contributed by atoms with Crippen LogP contribution in [0.15, 0.2) is 29.8 Å². The third-order valence-electron chi connectivity index (χ3n) is 6.71. The van der Waals surface area contributed by atoms with Gasteiger partial charge in [-0.1, -0.05) is 45.0 Å². The molecule has 1 saturated heterocycles. The molecule has 1 fully saturated rings. The number of hydrogen-bond donors (Lipinski definition) is 3. The van der Waals surface area contributed by atoms with E-state index in [0.717, 1.165) is 21.7 Å². The lowest BCUT2D eigenvalue weighted by molar-refractivity contribution is -0.144. The highest BCUT2D eigenvalue weighted by Crippen LogP contribution is 2.28. The molecule has 41 heavy (non-hydrogen) atoms. The summed E-state index contributed by atoms with van der Waals surface area (Å²) in [7, 11) is 0. The molecule has 1 aliphatic rings. The van der Waals surface area contributed by atoms with Gasteiger partial charge in [-0.05, 0) is 44.2 Å². The van der Waals surface area contributed by atoms with Crippen LogP contribution < -0.4 is 10.6 Å². The minimum Gasteiger partial charge on any atom is -0.391 e. The van der Waals surface area contributed by atoms with Gasteiger partial charge in [0.1, 0.15) is 18.7 Å². The van der Waals surface area contributed by atoms with Crippen LogP contribution in [-0.2, 0) is 30.4 Å². The van der Waals surface area contributed by atoms with Crippen molar-refractivity contribution in [2.45, 2.75) is 85.2 Å². The minimum atomic E-state index is -0.909. The zero-order valence-electron chi connectivity index (χ0n) is 25.2. The highest BCUT2D eigenvalue weighted by molar-refractivity contribution is 7.13. The molecular formula is C30H44N4O6S. The first kappa shape index (κ1) is 32.7. The second kappa shape index (κ2) is 13.9. The van der Waals surface area contributed by atoms with Gasteiger partial charge in [0.2, 0.25) is 17.7 Å². The Bertz CT molecular complexity index is 1180. The van der Waals surface area contributed by atoms with E-state index in [1.165, 1.54) is 4.90 Å². The van der Waals surface area contributed by atoms with Crippen molar-refractivity contribution in [3.63, 3.8) is 0 Å². The van der Waals surface area contributed by atoms with Gasteiger partial charge >= 0.3 is 0 Å². The van der Waals surface area contributed by atoms with Crippen LogP contribution in [0.5, 0.6) is 0 Å². The van der Waals surface area contributed by atoms with E-state index in [4.69, 9.17) is 9.47 Å². The van der Waals surface area contributed by atoms with Crippen molar-refractivity contribution < 1.29 is 29.0 Å². The lowest BCUT2D eigenvalue weighted by Gasteiger charge is -2.35. The van der Waals surface area contributed by atoms with Crippen LogP contribution >= 0.6 is 11.3 Å². The fourth-order valence-corrected chi connectivity index (χ4v) is 5.37. The Morgan fingerprint density at radius 1 is 1.12 bits per heavy atom. The van der Waals surface area contributed by atoms with Gasteiger partial charge in [-0.15, -0.1) is 11.3 Å². The van der Waals surface area contributed by atoms with E-state index in [1.54, 1.807) is 11.3 Å². The molecule has 0 saturated carbocycles. The van der Waals surface area contributed by atoms with E-state index >= 15 is 0 Å². The van der Waals surface area contributed by atoms with Crippen molar-refractivity contribution in [1.82, 2.24) is 20.5 Å². The Kier molecular flexibility index (Phi) is 11.0. The smallest absolute Gasteiger partial charge is 0.246 e. The number of nitrogens with zero attached hydrogens (tertiary/aromatic N) is 2. The number of hydrogen-bond acceptors (Lipinski definition) is 8. The molecule has 0 bridgehead atoms. The van der Waals surface area contributed by atoms with Crippen LogP contribution in [0.1, 0.15) is 59.2 Å². The van der Waals surface area contributed by atoms with Crippen molar-refractivity contribution in [2.75, 3.05) is 26.4 Å². The number of amides is 3. The van der Waals surface area contributed by atoms with Crippen LogP contribution in [0.3, 0.4) is 0 Å². The molecule has 3 N–H and O–H groups in total. The first-order valence-electron chi connectivity index (χ1n) is 13.9. The SMILES string of the molecule is Cc1ncsc1-c1ccc(CNC(=O)[C@@H]2C[C@@H](O)CN2C(=O)[C@@H](NC(=O)COCCOC(C)(C)C)C(C)(C)C)cc1. The average molecular weight is 589 g/mol. The number of carbonyl (C=O) groups is 3. The number of aryl methyl sites for hydroxylation is 1. The van der Waals surface area contributed by atoms with Crippen LogP contribution in [0.2, 0.25) is 0 Å². The molecule has 1 aromatic carbocycles. The largest absolute Gasteiger partial charge is 0.391 e. The molecule has 3 amide bonds. The van der Waals surface area contributed by atoms with Crippen LogP contribution in [-0.4, -0.2) is 82.9 Å². The zero-order valence-corrected chi connectivity index (χ0v) is 26.0. The molecule has 2 aromatic rings. The van der Waals surface area contributed by atoms with Crippen molar-refractivity contribution in [1.29, 1.82) is 0 Å². The van der Waals surface area contributed by atoms with Crippen molar-refractivity contribution >= 4 is 29.1 Å². The van der Waals surface area contributed by atoms with Gasteiger partial charge in [-0.25, -0.2) is 4.98 Å². The Hall–Kier alpha value is -2.86. The highest BCUT2D eigenvalue weighted by Gasteiger charge is 2.44. The van der Waals surface area contributed by atoms with Crippen LogP contribution in [0.25, 0.3) is 10.4 Å². The maximum atomic E-state index is 13.7. The van der Waals surface area contributed by atoms with Gasteiger partial charge in [-0.3, -0.25) is 14.4 Å². The van der Waals surface area contributed by atoms with E-state index in [0.29, 0.717) is 6.61 Å². The lowest BCUT2D eigenvalue weighted by atomic mass is 9.85. The average Bonchev–Trinajstić information content (AvgIpc) is 3.49. The summed E-state index contributed by atoms with van der Waals surface area (Å²) in [5, 5.41) is 16.1. The van der Waals surface area contributed by atoms with E-state index in [9.17, 15) is 19.5 Å². The standard InChI is InChI=1S/C30H44N4O6S/c1-19-25(41-18-32-19)21-10-8-20(9-11-21)15-31-27(37)23-14-22(35)16-34(23)28(38)26(29(2,3)4)33-24(36)17-39-12-13-40-30(5,6)7/h8-11,18,22-23,26,35H,12-17H2,1-7H3,(H,31,37)(H,33,36)/t22-,23+,26-/m1/s1. The fourth-order valence-electron chi connectivity index (χ4n) is 4.55. The second-order valence-corrected chi connectivity index (χ2v) is 13.3. The number of aliphatic hydroxyl groups excluding tert-OH is 1. The Morgan fingerprint density at radius 2 is 1.80 bits per heavy atom. The third-order valence-corrected chi connectivity index (χ3v) is 7.68. The summed E-state index contributed by atoms with van der Waals surface area (Å²) >= 11 is 1.58. The minimum absolute atomic E-state index is 0.0168. The van der Waals surface area contributed by atoms with E-state index in [1.807, 2.05) is 78.2 Å². The number of thiazole rings is 1. The quantitative estimate of drug-likeness (QED) is 0.344. The summed E-state index contributed by atoms with van der Waals surface area (Å²) in [5.74, 6) is -1.20. The number of rotatable bonds is 11. The number of β-amino-alcohol motifs (C(OH)–C–C–N with tert-alkyl or cyclic N) is 1. The zero-order chi connectivity index (χ0) is 30.4. The van der Waals surface area contributed by atoms with Gasteiger partial charge in [0.05, 0.1) is 41.0 Å². The lowest BCUT2D eigenvalue weighted by Crippen LogP contribution is -2.58. The van der Waals surface area contributed by atoms with Gasteiger partial charge in [-0.2, -0.15) is 0 Å². The van der Waals surface area contributed by atoms with Crippen LogP contribution in [0, 0.1) is 12.3 Å². The molecule has 11 heteroatoms.